The summed E-state index contributed by atoms with van der Waals surface area (Å²) in [7, 11) is 1.53. The molecule has 90 valence electrons. The molecule has 1 atom stereocenters. The Labute approximate surface area is 97.1 Å². The van der Waals surface area contributed by atoms with Crippen LogP contribution in [0.4, 0.5) is 10.6 Å². The highest BCUT2D eigenvalue weighted by Crippen LogP contribution is 2.27. The van der Waals surface area contributed by atoms with Gasteiger partial charge in [-0.15, -0.1) is 0 Å². The summed E-state index contributed by atoms with van der Waals surface area (Å²) in [5.41, 5.74) is 4.88. The predicted molar refractivity (Wildman–Crippen MR) is 57.6 cm³/mol. The number of likely N-dealkylation sites (N-methyl/N-ethyl adjacent to an activating group) is 1. The second-order valence-electron chi connectivity index (χ2n) is 3.46. The molecule has 7 nitrogen and oxygen atoms in total. The summed E-state index contributed by atoms with van der Waals surface area (Å²) in [4.78, 5) is 27.9. The van der Waals surface area contributed by atoms with Crippen LogP contribution in [0.3, 0.4) is 0 Å². The van der Waals surface area contributed by atoms with Gasteiger partial charge in [0.25, 0.3) is 5.91 Å². The fraction of sp³-hybridized carbons (Fsp3) is 0.300. The number of amides is 2. The second kappa shape index (κ2) is 4.28. The van der Waals surface area contributed by atoms with Crippen molar-refractivity contribution in [3.05, 3.63) is 18.3 Å². The lowest BCUT2D eigenvalue weighted by atomic mass is 10.3. The lowest BCUT2D eigenvalue weighted by Gasteiger charge is -2.17. The number of carbonyl (C=O) groups excluding carboxylic acids is 2. The van der Waals surface area contributed by atoms with Crippen molar-refractivity contribution in [1.82, 2.24) is 4.98 Å². The van der Waals surface area contributed by atoms with E-state index in [9.17, 15) is 9.59 Å². The topological polar surface area (TPSA) is 94.8 Å². The number of pyridine rings is 1. The van der Waals surface area contributed by atoms with Gasteiger partial charge in [0.15, 0.2) is 11.6 Å². The second-order valence-corrected chi connectivity index (χ2v) is 3.46. The van der Waals surface area contributed by atoms with Gasteiger partial charge in [-0.3, -0.25) is 9.69 Å². The van der Waals surface area contributed by atoms with Crippen molar-refractivity contribution in [1.29, 1.82) is 0 Å². The Morgan fingerprint density at radius 3 is 3.18 bits per heavy atom. The van der Waals surface area contributed by atoms with Gasteiger partial charge in [-0.05, 0) is 12.1 Å². The number of ether oxygens (including phenoxy) is 2. The number of nitrogens with zero attached hydrogens (tertiary/aromatic N) is 2. The Morgan fingerprint density at radius 2 is 2.47 bits per heavy atom. The van der Waals surface area contributed by atoms with Crippen molar-refractivity contribution in [2.45, 2.75) is 6.10 Å². The summed E-state index contributed by atoms with van der Waals surface area (Å²) in [6, 6.07) is 3.37. The van der Waals surface area contributed by atoms with Crippen LogP contribution < -0.4 is 15.4 Å². The van der Waals surface area contributed by atoms with E-state index < -0.39 is 18.1 Å². The van der Waals surface area contributed by atoms with Crippen molar-refractivity contribution in [2.75, 3.05) is 18.6 Å². The normalized spacial score (nSPS) is 19.0. The first-order valence-corrected chi connectivity index (χ1v) is 4.91. The van der Waals surface area contributed by atoms with E-state index in [1.807, 2.05) is 0 Å². The zero-order valence-corrected chi connectivity index (χ0v) is 9.12. The molecule has 2 heterocycles. The first-order chi connectivity index (χ1) is 8.09. The molecule has 0 radical (unpaired) electrons. The van der Waals surface area contributed by atoms with Crippen molar-refractivity contribution in [2.24, 2.45) is 5.73 Å². The average Bonchev–Trinajstić information content (AvgIpc) is 2.42. The number of anilines is 1. The molecular weight excluding hydrogens is 226 g/mol. The predicted octanol–water partition coefficient (Wildman–Crippen LogP) is -0.0993. The molecule has 0 fully saturated rings. The van der Waals surface area contributed by atoms with Gasteiger partial charge in [0.2, 0.25) is 6.10 Å². The zero-order chi connectivity index (χ0) is 12.4. The number of hydrogen-bond acceptors (Lipinski definition) is 5. The van der Waals surface area contributed by atoms with Gasteiger partial charge in [-0.25, -0.2) is 9.78 Å². The Hall–Kier alpha value is -2.31. The van der Waals surface area contributed by atoms with E-state index in [1.54, 1.807) is 18.3 Å². The standard InChI is InChI=1S/C10H11N3O4/c1-13-8-6(3-2-4-12-8)16-5-7(9(13)14)17-10(11)15/h2-4,7H,5H2,1H3,(H2,11,15)/t7-/m0/s1. The van der Waals surface area contributed by atoms with Crippen molar-refractivity contribution >= 4 is 17.8 Å². The van der Waals surface area contributed by atoms with E-state index in [2.05, 4.69) is 9.72 Å². The Bertz CT molecular complexity index is 463. The summed E-state index contributed by atoms with van der Waals surface area (Å²) in [5.74, 6) is 0.410. The van der Waals surface area contributed by atoms with Crippen LogP contribution in [0.1, 0.15) is 0 Å². The van der Waals surface area contributed by atoms with E-state index in [0.29, 0.717) is 11.6 Å². The van der Waals surface area contributed by atoms with Crippen LogP contribution in [0.25, 0.3) is 0 Å². The summed E-state index contributed by atoms with van der Waals surface area (Å²) in [5, 5.41) is 0. The highest BCUT2D eigenvalue weighted by molar-refractivity contribution is 5.98. The lowest BCUT2D eigenvalue weighted by Crippen LogP contribution is -2.41. The van der Waals surface area contributed by atoms with Crippen LogP contribution >= 0.6 is 0 Å². The monoisotopic (exact) mass is 237 g/mol. The van der Waals surface area contributed by atoms with E-state index in [1.165, 1.54) is 11.9 Å². The van der Waals surface area contributed by atoms with Crippen LogP contribution in [-0.2, 0) is 9.53 Å². The van der Waals surface area contributed by atoms with Crippen LogP contribution in [0.5, 0.6) is 5.75 Å². The number of rotatable bonds is 1. The molecule has 1 aliphatic rings. The Balaban J connectivity index is 2.29. The van der Waals surface area contributed by atoms with Gasteiger partial charge >= 0.3 is 6.09 Å². The maximum Gasteiger partial charge on any atom is 0.405 e. The summed E-state index contributed by atoms with van der Waals surface area (Å²) >= 11 is 0. The first kappa shape index (κ1) is 11.2. The zero-order valence-electron chi connectivity index (χ0n) is 9.12. The SMILES string of the molecule is CN1C(=O)[C@@H](OC(N)=O)COc2cccnc21. The lowest BCUT2D eigenvalue weighted by molar-refractivity contribution is -0.127. The maximum atomic E-state index is 11.9. The van der Waals surface area contributed by atoms with Crippen LogP contribution in [0.15, 0.2) is 18.3 Å². The van der Waals surface area contributed by atoms with Crippen molar-refractivity contribution < 1.29 is 19.1 Å². The molecule has 17 heavy (non-hydrogen) atoms. The molecule has 0 bridgehead atoms. The van der Waals surface area contributed by atoms with E-state index in [4.69, 9.17) is 10.5 Å². The molecule has 2 amide bonds. The molecule has 7 heteroatoms. The van der Waals surface area contributed by atoms with Crippen LogP contribution in [-0.4, -0.2) is 36.7 Å². The number of hydrogen-bond donors (Lipinski definition) is 1. The van der Waals surface area contributed by atoms with Gasteiger partial charge in [0.1, 0.15) is 6.61 Å². The van der Waals surface area contributed by atoms with Crippen LogP contribution in [0.2, 0.25) is 0 Å². The van der Waals surface area contributed by atoms with E-state index in [-0.39, 0.29) is 6.61 Å². The summed E-state index contributed by atoms with van der Waals surface area (Å²) < 4.78 is 10.0. The number of fused-ring (bicyclic) bond motifs is 1. The Kier molecular flexibility index (Phi) is 2.82. The minimum Gasteiger partial charge on any atom is -0.485 e. The number of carbonyl (C=O) groups is 2. The molecule has 0 aromatic carbocycles. The largest absolute Gasteiger partial charge is 0.485 e. The summed E-state index contributed by atoms with van der Waals surface area (Å²) in [6.07, 6.45) is -0.521. The molecular formula is C10H11N3O4. The van der Waals surface area contributed by atoms with Gasteiger partial charge in [0, 0.05) is 13.2 Å². The molecule has 0 spiro atoms. The minimum absolute atomic E-state index is 0.0786. The quantitative estimate of drug-likeness (QED) is 0.736. The van der Waals surface area contributed by atoms with E-state index >= 15 is 0 Å². The van der Waals surface area contributed by atoms with Gasteiger partial charge in [-0.2, -0.15) is 0 Å². The third kappa shape index (κ3) is 2.12. The molecule has 0 aliphatic carbocycles. The third-order valence-electron chi connectivity index (χ3n) is 2.32. The fourth-order valence-corrected chi connectivity index (χ4v) is 1.53. The molecule has 2 N–H and O–H groups in total. The summed E-state index contributed by atoms with van der Waals surface area (Å²) in [6.45, 7) is -0.0786. The molecule has 1 aliphatic heterocycles. The average molecular weight is 237 g/mol. The van der Waals surface area contributed by atoms with Crippen molar-refractivity contribution in [3.63, 3.8) is 0 Å². The molecule has 0 saturated heterocycles. The number of primary amides is 1. The first-order valence-electron chi connectivity index (χ1n) is 4.91. The Morgan fingerprint density at radius 1 is 1.71 bits per heavy atom. The van der Waals surface area contributed by atoms with Crippen molar-refractivity contribution in [3.8, 4) is 5.75 Å². The van der Waals surface area contributed by atoms with E-state index in [0.717, 1.165) is 0 Å². The van der Waals surface area contributed by atoms with Gasteiger partial charge in [-0.1, -0.05) is 0 Å². The highest BCUT2D eigenvalue weighted by Gasteiger charge is 2.32. The molecule has 1 aromatic heterocycles. The highest BCUT2D eigenvalue weighted by atomic mass is 16.6. The molecule has 1 aromatic rings. The molecule has 2 rings (SSSR count). The fourth-order valence-electron chi connectivity index (χ4n) is 1.53. The minimum atomic E-state index is -1.05. The maximum absolute atomic E-state index is 11.9. The van der Waals surface area contributed by atoms with Crippen LogP contribution in [0, 0.1) is 0 Å². The van der Waals surface area contributed by atoms with Gasteiger partial charge < -0.3 is 15.2 Å². The number of nitrogens with two attached hydrogens (primary N) is 1. The third-order valence-corrected chi connectivity index (χ3v) is 2.32. The molecule has 0 unspecified atom stereocenters. The smallest absolute Gasteiger partial charge is 0.405 e. The molecule has 0 saturated carbocycles. The number of aromatic nitrogens is 1. The van der Waals surface area contributed by atoms with Gasteiger partial charge in [0.05, 0.1) is 0 Å².